The molecule has 0 spiro atoms. The first-order valence-corrected chi connectivity index (χ1v) is 3.42. The maximum atomic E-state index is 2.28. The highest BCUT2D eigenvalue weighted by Crippen LogP contribution is 2.23. The first kappa shape index (κ1) is 16.5. The van der Waals surface area contributed by atoms with Crippen molar-refractivity contribution >= 4 is 0 Å². The van der Waals surface area contributed by atoms with Crippen molar-refractivity contribution in [1.82, 2.24) is 0 Å². The normalized spacial score (nSPS) is 10.2. The second kappa shape index (κ2) is 5.76. The van der Waals surface area contributed by atoms with Gasteiger partial charge < -0.3 is 0 Å². The molecular weight excluding hydrogens is 120 g/mol. The lowest BCUT2D eigenvalue weighted by Crippen LogP contribution is -2.08. The topological polar surface area (TPSA) is 0 Å². The van der Waals surface area contributed by atoms with Crippen molar-refractivity contribution in [1.29, 1.82) is 0 Å². The quantitative estimate of drug-likeness (QED) is 0.516. The van der Waals surface area contributed by atoms with Crippen LogP contribution in [0.3, 0.4) is 0 Å². The van der Waals surface area contributed by atoms with Crippen molar-refractivity contribution < 1.29 is 0 Å². The number of rotatable bonds is 1. The maximum Gasteiger partial charge on any atom is -0.0380 e. The Morgan fingerprint density at radius 1 is 1.00 bits per heavy atom. The van der Waals surface area contributed by atoms with E-state index in [1.165, 1.54) is 6.42 Å². The average Bonchev–Trinajstić information content (AvgIpc) is 1.21. The zero-order valence-electron chi connectivity index (χ0n) is 6.78. The fourth-order valence-electron chi connectivity index (χ4n) is 1.22. The Morgan fingerprint density at radius 2 is 1.30 bits per heavy atom. The van der Waals surface area contributed by atoms with Gasteiger partial charge in [0.05, 0.1) is 0 Å². The lowest BCUT2D eigenvalue weighted by Gasteiger charge is -2.19. The summed E-state index contributed by atoms with van der Waals surface area (Å²) in [6.45, 7) is 11.4. The third-order valence-corrected chi connectivity index (χ3v) is 1.02. The molecule has 0 aromatic heterocycles. The van der Waals surface area contributed by atoms with Gasteiger partial charge in [-0.2, -0.15) is 0 Å². The van der Waals surface area contributed by atoms with Crippen LogP contribution in [0.5, 0.6) is 0 Å². The molecule has 0 aliphatic heterocycles. The number of hydrogen-bond donors (Lipinski definition) is 0. The Labute approximate surface area is 68.0 Å². The van der Waals surface area contributed by atoms with Gasteiger partial charge in [0, 0.05) is 0 Å². The standard InChI is InChI=1S/C8H18.2CH4/c1-7(2)6-8(3,4)5;;/h7H,6H2,1-5H3;2*1H4. The van der Waals surface area contributed by atoms with E-state index in [9.17, 15) is 0 Å². The Morgan fingerprint density at radius 3 is 1.30 bits per heavy atom. The molecule has 0 heterocycles. The van der Waals surface area contributed by atoms with E-state index >= 15 is 0 Å². The summed E-state index contributed by atoms with van der Waals surface area (Å²) in [7, 11) is 0. The summed E-state index contributed by atoms with van der Waals surface area (Å²) in [6, 6.07) is 0. The molecule has 0 saturated carbocycles. The van der Waals surface area contributed by atoms with Gasteiger partial charge in [-0.05, 0) is 17.8 Å². The fraction of sp³-hybridized carbons (Fsp3) is 1.00. The van der Waals surface area contributed by atoms with Crippen molar-refractivity contribution in [2.75, 3.05) is 0 Å². The highest BCUT2D eigenvalue weighted by Gasteiger charge is 2.11. The van der Waals surface area contributed by atoms with E-state index in [1.807, 2.05) is 0 Å². The highest BCUT2D eigenvalue weighted by molar-refractivity contribution is 4.62. The van der Waals surface area contributed by atoms with Crippen molar-refractivity contribution in [3.05, 3.63) is 0 Å². The van der Waals surface area contributed by atoms with E-state index in [2.05, 4.69) is 34.6 Å². The molecule has 0 radical (unpaired) electrons. The molecule has 66 valence electrons. The van der Waals surface area contributed by atoms with Crippen LogP contribution in [0.1, 0.15) is 55.9 Å². The van der Waals surface area contributed by atoms with E-state index in [-0.39, 0.29) is 14.9 Å². The summed E-state index contributed by atoms with van der Waals surface area (Å²) >= 11 is 0. The first-order chi connectivity index (χ1) is 3.42. The van der Waals surface area contributed by atoms with E-state index in [1.54, 1.807) is 0 Å². The minimum atomic E-state index is 0. The highest BCUT2D eigenvalue weighted by atomic mass is 14.2. The lowest BCUT2D eigenvalue weighted by atomic mass is 9.86. The predicted molar refractivity (Wildman–Crippen MR) is 52.4 cm³/mol. The molecule has 10 heavy (non-hydrogen) atoms. The average molecular weight is 146 g/mol. The Bertz CT molecular complexity index is 54.9. The summed E-state index contributed by atoms with van der Waals surface area (Å²) < 4.78 is 0. The summed E-state index contributed by atoms with van der Waals surface area (Å²) in [5.41, 5.74) is 0.522. The largest absolute Gasteiger partial charge is 0.0776 e. The molecule has 0 N–H and O–H groups in total. The van der Waals surface area contributed by atoms with Gasteiger partial charge in [-0.15, -0.1) is 0 Å². The second-order valence-electron chi connectivity index (χ2n) is 4.16. The van der Waals surface area contributed by atoms with Gasteiger partial charge in [-0.25, -0.2) is 0 Å². The molecule has 0 aromatic carbocycles. The van der Waals surface area contributed by atoms with Gasteiger partial charge in [-0.1, -0.05) is 49.5 Å². The molecule has 0 unspecified atom stereocenters. The monoisotopic (exact) mass is 146 g/mol. The van der Waals surface area contributed by atoms with Crippen molar-refractivity contribution in [2.45, 2.75) is 55.9 Å². The Hall–Kier alpha value is 0. The van der Waals surface area contributed by atoms with Gasteiger partial charge >= 0.3 is 0 Å². The molecule has 0 aliphatic carbocycles. The van der Waals surface area contributed by atoms with E-state index in [4.69, 9.17) is 0 Å². The molecule has 0 amide bonds. The molecule has 0 rings (SSSR count). The summed E-state index contributed by atoms with van der Waals surface area (Å²) in [5.74, 6) is 0.843. The van der Waals surface area contributed by atoms with Crippen LogP contribution in [-0.2, 0) is 0 Å². The van der Waals surface area contributed by atoms with Gasteiger partial charge in [-0.3, -0.25) is 0 Å². The first-order valence-electron chi connectivity index (χ1n) is 3.42. The SMILES string of the molecule is C.C.CC(C)CC(C)(C)C. The molecule has 0 atom stereocenters. The van der Waals surface area contributed by atoms with Crippen LogP contribution in [0.25, 0.3) is 0 Å². The summed E-state index contributed by atoms with van der Waals surface area (Å²) in [6.07, 6.45) is 1.33. The third kappa shape index (κ3) is 15.7. The smallest absolute Gasteiger partial charge is 0.0380 e. The molecule has 0 fully saturated rings. The van der Waals surface area contributed by atoms with Crippen LogP contribution < -0.4 is 0 Å². The second-order valence-corrected chi connectivity index (χ2v) is 4.16. The third-order valence-electron chi connectivity index (χ3n) is 1.02. The van der Waals surface area contributed by atoms with Gasteiger partial charge in [0.15, 0.2) is 0 Å². The molecule has 0 bridgehead atoms. The zero-order valence-corrected chi connectivity index (χ0v) is 6.78. The lowest BCUT2D eigenvalue weighted by molar-refractivity contribution is 0.320. The van der Waals surface area contributed by atoms with Crippen LogP contribution in [0.4, 0.5) is 0 Å². The maximum absolute atomic E-state index is 2.28. The molecular formula is C10H26. The van der Waals surface area contributed by atoms with E-state index in [0.29, 0.717) is 5.41 Å². The van der Waals surface area contributed by atoms with E-state index < -0.39 is 0 Å². The van der Waals surface area contributed by atoms with Gasteiger partial charge in [0.25, 0.3) is 0 Å². The molecule has 0 heteroatoms. The van der Waals surface area contributed by atoms with Crippen LogP contribution in [0, 0.1) is 11.3 Å². The minimum Gasteiger partial charge on any atom is -0.0776 e. The van der Waals surface area contributed by atoms with Gasteiger partial charge in [0.2, 0.25) is 0 Å². The van der Waals surface area contributed by atoms with E-state index in [0.717, 1.165) is 5.92 Å². The van der Waals surface area contributed by atoms with Gasteiger partial charge in [0.1, 0.15) is 0 Å². The van der Waals surface area contributed by atoms with Crippen molar-refractivity contribution in [3.63, 3.8) is 0 Å². The van der Waals surface area contributed by atoms with Crippen LogP contribution in [0.2, 0.25) is 0 Å². The predicted octanol–water partition coefficient (Wildman–Crippen LogP) is 4.35. The van der Waals surface area contributed by atoms with Crippen LogP contribution in [0.15, 0.2) is 0 Å². The summed E-state index contributed by atoms with van der Waals surface area (Å²) in [5, 5.41) is 0. The van der Waals surface area contributed by atoms with Crippen molar-refractivity contribution in [3.8, 4) is 0 Å². The Balaban J connectivity index is -0.000000245. The van der Waals surface area contributed by atoms with Crippen LogP contribution in [-0.4, -0.2) is 0 Å². The molecule has 0 saturated heterocycles. The molecule has 0 aromatic rings. The molecule has 0 aliphatic rings. The Kier molecular flexibility index (Phi) is 9.52. The van der Waals surface area contributed by atoms with Crippen molar-refractivity contribution in [2.24, 2.45) is 11.3 Å². The summed E-state index contributed by atoms with van der Waals surface area (Å²) in [4.78, 5) is 0. The van der Waals surface area contributed by atoms with Crippen LogP contribution >= 0.6 is 0 Å². The molecule has 0 nitrogen and oxygen atoms in total. The number of hydrogen-bond acceptors (Lipinski definition) is 0. The minimum absolute atomic E-state index is 0. The zero-order chi connectivity index (χ0) is 6.78. The fourth-order valence-corrected chi connectivity index (χ4v) is 1.22.